The minimum absolute atomic E-state index is 0.308. The van der Waals surface area contributed by atoms with E-state index in [1.807, 2.05) is 12.1 Å². The molecule has 1 aliphatic carbocycles. The number of nitrogens with zero attached hydrogens (tertiary/aromatic N) is 1. The molecule has 64 valence electrons. The van der Waals surface area contributed by atoms with Gasteiger partial charge < -0.3 is 10.5 Å². The number of rotatable bonds is 2. The molecule has 1 aromatic rings. The Morgan fingerprint density at radius 2 is 2.42 bits per heavy atom. The molecule has 1 aromatic heterocycles. The van der Waals surface area contributed by atoms with Crippen LogP contribution in [0.2, 0.25) is 0 Å². The quantitative estimate of drug-likeness (QED) is 0.706. The Bertz CT molecular complexity index is 288. The van der Waals surface area contributed by atoms with E-state index in [4.69, 9.17) is 10.5 Å². The fourth-order valence-electron chi connectivity index (χ4n) is 1.43. The van der Waals surface area contributed by atoms with Gasteiger partial charge in [-0.1, -0.05) is 6.07 Å². The minimum Gasteiger partial charge on any atom is -0.481 e. The number of methoxy groups -OCH3 is 1. The summed E-state index contributed by atoms with van der Waals surface area (Å²) in [6, 6.07) is 4.26. The molecule has 1 heterocycles. The summed E-state index contributed by atoms with van der Waals surface area (Å²) in [6.45, 7) is 0. The van der Waals surface area contributed by atoms with Gasteiger partial charge in [0.1, 0.15) is 0 Å². The smallest absolute Gasteiger partial charge is 0.216 e. The standard InChI is InChI=1S/C9H12N2O/c1-12-9-6(3-2-4-11-9)7-5-8(7)10/h2-4,7-8H,5,10H2,1H3/t7-,8+/m0/s1. The van der Waals surface area contributed by atoms with Crippen molar-refractivity contribution in [3.05, 3.63) is 23.9 Å². The van der Waals surface area contributed by atoms with E-state index in [2.05, 4.69) is 4.98 Å². The van der Waals surface area contributed by atoms with E-state index in [0.29, 0.717) is 12.0 Å². The van der Waals surface area contributed by atoms with E-state index in [0.717, 1.165) is 17.9 Å². The number of nitrogens with two attached hydrogens (primary N) is 1. The average Bonchev–Trinajstić information content (AvgIpc) is 2.83. The van der Waals surface area contributed by atoms with Gasteiger partial charge in [0.15, 0.2) is 0 Å². The zero-order chi connectivity index (χ0) is 8.55. The Kier molecular flexibility index (Phi) is 1.73. The van der Waals surface area contributed by atoms with Gasteiger partial charge in [0.2, 0.25) is 5.88 Å². The third-order valence-corrected chi connectivity index (χ3v) is 2.23. The first-order valence-electron chi connectivity index (χ1n) is 4.07. The molecule has 1 saturated carbocycles. The van der Waals surface area contributed by atoms with Crippen molar-refractivity contribution in [3.8, 4) is 5.88 Å². The van der Waals surface area contributed by atoms with Gasteiger partial charge in [0, 0.05) is 23.7 Å². The first-order chi connectivity index (χ1) is 5.83. The van der Waals surface area contributed by atoms with E-state index < -0.39 is 0 Å². The molecule has 0 saturated heterocycles. The Labute approximate surface area is 71.6 Å². The van der Waals surface area contributed by atoms with Gasteiger partial charge in [0.25, 0.3) is 0 Å². The average molecular weight is 164 g/mol. The van der Waals surface area contributed by atoms with Crippen molar-refractivity contribution in [1.29, 1.82) is 0 Å². The monoisotopic (exact) mass is 164 g/mol. The van der Waals surface area contributed by atoms with Crippen molar-refractivity contribution < 1.29 is 4.74 Å². The first kappa shape index (κ1) is 7.55. The fourth-order valence-corrected chi connectivity index (χ4v) is 1.43. The minimum atomic E-state index is 0.308. The number of hydrogen-bond donors (Lipinski definition) is 1. The molecule has 0 aliphatic heterocycles. The van der Waals surface area contributed by atoms with E-state index in [9.17, 15) is 0 Å². The summed E-state index contributed by atoms with van der Waals surface area (Å²) in [5.74, 6) is 1.18. The van der Waals surface area contributed by atoms with Crippen LogP contribution in [0.4, 0.5) is 0 Å². The molecular formula is C9H12N2O. The van der Waals surface area contributed by atoms with Crippen LogP contribution in [-0.2, 0) is 0 Å². The lowest BCUT2D eigenvalue weighted by molar-refractivity contribution is 0.392. The van der Waals surface area contributed by atoms with Gasteiger partial charge in [-0.05, 0) is 12.5 Å². The highest BCUT2D eigenvalue weighted by Crippen LogP contribution is 2.42. The lowest BCUT2D eigenvalue weighted by Gasteiger charge is -2.04. The molecule has 3 heteroatoms. The summed E-state index contributed by atoms with van der Waals surface area (Å²) >= 11 is 0. The third-order valence-electron chi connectivity index (χ3n) is 2.23. The van der Waals surface area contributed by atoms with Crippen LogP contribution in [0.15, 0.2) is 18.3 Å². The van der Waals surface area contributed by atoms with E-state index in [1.165, 1.54) is 0 Å². The molecule has 0 bridgehead atoms. The maximum atomic E-state index is 5.74. The Hall–Kier alpha value is -1.09. The molecule has 1 fully saturated rings. The normalized spacial score (nSPS) is 26.8. The van der Waals surface area contributed by atoms with Crippen molar-refractivity contribution >= 4 is 0 Å². The molecule has 0 amide bonds. The lowest BCUT2D eigenvalue weighted by atomic mass is 10.2. The largest absolute Gasteiger partial charge is 0.481 e. The molecule has 0 aromatic carbocycles. The van der Waals surface area contributed by atoms with Crippen molar-refractivity contribution in [2.45, 2.75) is 18.4 Å². The van der Waals surface area contributed by atoms with E-state index in [-0.39, 0.29) is 0 Å². The third kappa shape index (κ3) is 1.16. The summed E-state index contributed by atoms with van der Waals surface area (Å²) in [5.41, 5.74) is 6.88. The zero-order valence-corrected chi connectivity index (χ0v) is 7.03. The molecule has 2 atom stereocenters. The van der Waals surface area contributed by atoms with Gasteiger partial charge in [-0.25, -0.2) is 4.98 Å². The fraction of sp³-hybridized carbons (Fsp3) is 0.444. The first-order valence-corrected chi connectivity index (χ1v) is 4.07. The van der Waals surface area contributed by atoms with Crippen LogP contribution in [0.3, 0.4) is 0 Å². The van der Waals surface area contributed by atoms with Crippen molar-refractivity contribution in [2.75, 3.05) is 7.11 Å². The summed E-state index contributed by atoms with van der Waals surface area (Å²) in [6.07, 6.45) is 2.79. The van der Waals surface area contributed by atoms with E-state index in [1.54, 1.807) is 13.3 Å². The number of hydrogen-bond acceptors (Lipinski definition) is 3. The van der Waals surface area contributed by atoms with Crippen LogP contribution in [0.25, 0.3) is 0 Å². The second kappa shape index (κ2) is 2.75. The highest BCUT2D eigenvalue weighted by Gasteiger charge is 2.37. The predicted molar refractivity (Wildman–Crippen MR) is 46.1 cm³/mol. The highest BCUT2D eigenvalue weighted by atomic mass is 16.5. The Morgan fingerprint density at radius 3 is 3.00 bits per heavy atom. The molecule has 0 radical (unpaired) electrons. The van der Waals surface area contributed by atoms with Crippen LogP contribution in [0.1, 0.15) is 17.9 Å². The van der Waals surface area contributed by atoms with Crippen LogP contribution in [-0.4, -0.2) is 18.1 Å². The second-order valence-electron chi connectivity index (χ2n) is 3.11. The van der Waals surface area contributed by atoms with Gasteiger partial charge in [-0.15, -0.1) is 0 Å². The van der Waals surface area contributed by atoms with Crippen molar-refractivity contribution in [2.24, 2.45) is 5.73 Å². The van der Waals surface area contributed by atoms with Gasteiger partial charge >= 0.3 is 0 Å². The molecule has 2 N–H and O–H groups in total. The van der Waals surface area contributed by atoms with Gasteiger partial charge in [0.05, 0.1) is 7.11 Å². The van der Waals surface area contributed by atoms with E-state index >= 15 is 0 Å². The molecule has 12 heavy (non-hydrogen) atoms. The summed E-state index contributed by atoms with van der Waals surface area (Å²) in [7, 11) is 1.64. The van der Waals surface area contributed by atoms with Crippen molar-refractivity contribution in [3.63, 3.8) is 0 Å². The molecule has 0 spiro atoms. The molecular weight excluding hydrogens is 152 g/mol. The maximum Gasteiger partial charge on any atom is 0.216 e. The van der Waals surface area contributed by atoms with Crippen LogP contribution in [0, 0.1) is 0 Å². The van der Waals surface area contributed by atoms with Crippen LogP contribution in [0.5, 0.6) is 5.88 Å². The second-order valence-corrected chi connectivity index (χ2v) is 3.11. The molecule has 2 rings (SSSR count). The maximum absolute atomic E-state index is 5.74. The Balaban J connectivity index is 2.29. The molecule has 3 nitrogen and oxygen atoms in total. The number of pyridine rings is 1. The summed E-state index contributed by atoms with van der Waals surface area (Å²) in [5, 5.41) is 0. The number of ether oxygens (including phenoxy) is 1. The van der Waals surface area contributed by atoms with Crippen molar-refractivity contribution in [1.82, 2.24) is 4.98 Å². The molecule has 1 aliphatic rings. The van der Waals surface area contributed by atoms with Gasteiger partial charge in [-0.2, -0.15) is 0 Å². The zero-order valence-electron chi connectivity index (χ0n) is 7.03. The highest BCUT2D eigenvalue weighted by molar-refractivity contribution is 5.35. The predicted octanol–water partition coefficient (Wildman–Crippen LogP) is 0.905. The van der Waals surface area contributed by atoms with Gasteiger partial charge in [-0.3, -0.25) is 0 Å². The Morgan fingerprint density at radius 1 is 1.67 bits per heavy atom. The SMILES string of the molecule is COc1ncccc1[C@@H]1C[C@H]1N. The summed E-state index contributed by atoms with van der Waals surface area (Å²) in [4.78, 5) is 4.12. The summed E-state index contributed by atoms with van der Waals surface area (Å²) < 4.78 is 5.13. The lowest BCUT2D eigenvalue weighted by Crippen LogP contribution is -2.02. The topological polar surface area (TPSA) is 48.1 Å². The van der Waals surface area contributed by atoms with Crippen LogP contribution >= 0.6 is 0 Å². The number of aromatic nitrogens is 1. The van der Waals surface area contributed by atoms with Crippen LogP contribution < -0.4 is 10.5 Å². The molecule has 0 unspecified atom stereocenters.